The van der Waals surface area contributed by atoms with E-state index < -0.39 is 12.8 Å². The number of halogens is 5. The summed E-state index contributed by atoms with van der Waals surface area (Å²) in [6.45, 7) is 2.20. The van der Waals surface area contributed by atoms with E-state index in [4.69, 9.17) is 0 Å². The molecule has 0 aliphatic carbocycles. The molecule has 0 spiro atoms. The fourth-order valence-electron chi connectivity index (χ4n) is 2.33. The van der Waals surface area contributed by atoms with Gasteiger partial charge in [0.05, 0.1) is 13.2 Å². The number of nitrogens with zero attached hydrogens (tertiary/aromatic N) is 1. The maximum absolute atomic E-state index is 12.9. The number of alkyl halides is 3. The molecule has 0 aliphatic rings. The van der Waals surface area contributed by atoms with E-state index in [-0.39, 0.29) is 36.4 Å². The minimum absolute atomic E-state index is 0. The zero-order chi connectivity index (χ0) is 20.4. The second-order valence-electron chi connectivity index (χ2n) is 6.10. The lowest BCUT2D eigenvalue weighted by molar-refractivity contribution is -0.176. The van der Waals surface area contributed by atoms with Crippen molar-refractivity contribution in [3.05, 3.63) is 71.0 Å². The summed E-state index contributed by atoms with van der Waals surface area (Å²) < 4.78 is 53.8. The smallest absolute Gasteiger partial charge is 0.367 e. The maximum atomic E-state index is 12.9. The number of rotatable bonds is 8. The highest BCUT2D eigenvalue weighted by Gasteiger charge is 2.27. The first-order chi connectivity index (χ1) is 13.4. The van der Waals surface area contributed by atoms with E-state index in [0.717, 1.165) is 11.1 Å². The molecule has 0 fully saturated rings. The topological polar surface area (TPSA) is 45.7 Å². The van der Waals surface area contributed by atoms with Crippen LogP contribution < -0.4 is 10.6 Å². The molecule has 9 heteroatoms. The molecule has 160 valence electrons. The zero-order valence-corrected chi connectivity index (χ0v) is 18.3. The lowest BCUT2D eigenvalue weighted by Crippen LogP contribution is -2.36. The molecular weight excluding hydrogens is 501 g/mol. The molecule has 0 unspecified atom stereocenters. The molecule has 2 aromatic rings. The van der Waals surface area contributed by atoms with Crippen molar-refractivity contribution in [1.82, 2.24) is 10.6 Å². The Morgan fingerprint density at radius 1 is 0.931 bits per heavy atom. The third-order valence-corrected chi connectivity index (χ3v) is 3.69. The molecule has 0 amide bonds. The highest BCUT2D eigenvalue weighted by atomic mass is 127. The second kappa shape index (κ2) is 12.6. The Hall–Kier alpha value is -1.88. The van der Waals surface area contributed by atoms with Crippen LogP contribution in [0.1, 0.15) is 23.6 Å². The van der Waals surface area contributed by atoms with Gasteiger partial charge in [-0.3, -0.25) is 0 Å². The lowest BCUT2D eigenvalue weighted by Gasteiger charge is -2.12. The first-order valence-corrected chi connectivity index (χ1v) is 8.84. The summed E-state index contributed by atoms with van der Waals surface area (Å²) in [5.74, 6) is 0.328. The van der Waals surface area contributed by atoms with Crippen LogP contribution in [0.3, 0.4) is 0 Å². The van der Waals surface area contributed by atoms with E-state index in [9.17, 15) is 17.6 Å². The normalized spacial score (nSPS) is 11.7. The Kier molecular flexibility index (Phi) is 11.0. The van der Waals surface area contributed by atoms with E-state index in [1.807, 2.05) is 19.1 Å². The van der Waals surface area contributed by atoms with Gasteiger partial charge in [0.15, 0.2) is 5.96 Å². The summed E-state index contributed by atoms with van der Waals surface area (Å²) in [6, 6.07) is 13.3. The minimum atomic E-state index is -4.32. The van der Waals surface area contributed by atoms with Crippen molar-refractivity contribution in [3.63, 3.8) is 0 Å². The Morgan fingerprint density at radius 2 is 1.52 bits per heavy atom. The van der Waals surface area contributed by atoms with Crippen LogP contribution in [0.2, 0.25) is 0 Å². The molecule has 0 saturated carbocycles. The SMILES string of the molecule is CCNC(=NCc1ccc(F)cc1)NCc1ccc(COCC(F)(F)F)cc1.I. The van der Waals surface area contributed by atoms with Gasteiger partial charge in [-0.25, -0.2) is 9.38 Å². The molecule has 2 rings (SSSR count). The molecule has 0 aromatic heterocycles. The maximum Gasteiger partial charge on any atom is 0.411 e. The van der Waals surface area contributed by atoms with Crippen molar-refractivity contribution in [2.75, 3.05) is 13.2 Å². The summed E-state index contributed by atoms with van der Waals surface area (Å²) in [5, 5.41) is 6.31. The number of guanidine groups is 1. The van der Waals surface area contributed by atoms with Gasteiger partial charge < -0.3 is 15.4 Å². The van der Waals surface area contributed by atoms with Crippen molar-refractivity contribution < 1.29 is 22.3 Å². The predicted octanol–water partition coefficient (Wildman–Crippen LogP) is 4.78. The molecule has 0 bridgehead atoms. The van der Waals surface area contributed by atoms with E-state index in [1.165, 1.54) is 12.1 Å². The van der Waals surface area contributed by atoms with Gasteiger partial charge in [-0.1, -0.05) is 36.4 Å². The predicted molar refractivity (Wildman–Crippen MR) is 116 cm³/mol. The average molecular weight is 525 g/mol. The molecule has 0 radical (unpaired) electrons. The number of hydrogen-bond donors (Lipinski definition) is 2. The van der Waals surface area contributed by atoms with Gasteiger partial charge in [0.25, 0.3) is 0 Å². The summed E-state index contributed by atoms with van der Waals surface area (Å²) in [6.07, 6.45) is -4.32. The molecule has 2 N–H and O–H groups in total. The standard InChI is InChI=1S/C20H23F4N3O.HI/c1-2-25-19(27-12-16-7-9-18(21)10-8-16)26-11-15-3-5-17(6-4-15)13-28-14-20(22,23)24;/h3-10H,2,11-14H2,1H3,(H2,25,26,27);1H. The van der Waals surface area contributed by atoms with Gasteiger partial charge in [-0.15, -0.1) is 24.0 Å². The van der Waals surface area contributed by atoms with Crippen LogP contribution in [0, 0.1) is 5.82 Å². The Balaban J connectivity index is 0.00000420. The first-order valence-electron chi connectivity index (χ1n) is 8.84. The van der Waals surface area contributed by atoms with Gasteiger partial charge in [0, 0.05) is 13.1 Å². The molecule has 0 atom stereocenters. The van der Waals surface area contributed by atoms with Gasteiger partial charge in [-0.05, 0) is 35.7 Å². The van der Waals surface area contributed by atoms with Crippen LogP contribution in [-0.2, 0) is 24.4 Å². The van der Waals surface area contributed by atoms with Gasteiger partial charge >= 0.3 is 6.18 Å². The number of nitrogens with one attached hydrogen (secondary N) is 2. The van der Waals surface area contributed by atoms with Crippen LogP contribution in [0.4, 0.5) is 17.6 Å². The third-order valence-electron chi connectivity index (χ3n) is 3.69. The van der Waals surface area contributed by atoms with Crippen LogP contribution in [0.15, 0.2) is 53.5 Å². The number of hydrogen-bond acceptors (Lipinski definition) is 2. The van der Waals surface area contributed by atoms with Gasteiger partial charge in [0.1, 0.15) is 12.4 Å². The van der Waals surface area contributed by atoms with Crippen molar-refractivity contribution in [3.8, 4) is 0 Å². The minimum Gasteiger partial charge on any atom is -0.367 e. The second-order valence-corrected chi connectivity index (χ2v) is 6.10. The molecule has 0 aliphatic heterocycles. The van der Waals surface area contributed by atoms with E-state index >= 15 is 0 Å². The van der Waals surface area contributed by atoms with Crippen molar-refractivity contribution in [2.45, 2.75) is 32.8 Å². The summed E-state index contributed by atoms with van der Waals surface area (Å²) in [5.41, 5.74) is 2.51. The molecule has 29 heavy (non-hydrogen) atoms. The van der Waals surface area contributed by atoms with E-state index in [1.54, 1.807) is 24.3 Å². The zero-order valence-electron chi connectivity index (χ0n) is 15.9. The first kappa shape index (κ1) is 25.2. The lowest BCUT2D eigenvalue weighted by atomic mass is 10.1. The highest BCUT2D eigenvalue weighted by Crippen LogP contribution is 2.15. The van der Waals surface area contributed by atoms with Crippen LogP contribution in [-0.4, -0.2) is 25.3 Å². The Bertz CT molecular complexity index is 750. The fraction of sp³-hybridized carbons (Fsp3) is 0.350. The molecule has 2 aromatic carbocycles. The van der Waals surface area contributed by atoms with Crippen LogP contribution in [0.25, 0.3) is 0 Å². The molecule has 4 nitrogen and oxygen atoms in total. The largest absolute Gasteiger partial charge is 0.411 e. The van der Waals surface area contributed by atoms with Gasteiger partial charge in [-0.2, -0.15) is 13.2 Å². The number of ether oxygens (including phenoxy) is 1. The highest BCUT2D eigenvalue weighted by molar-refractivity contribution is 14.0. The molecule has 0 heterocycles. The Labute approximate surface area is 184 Å². The summed E-state index contributed by atoms with van der Waals surface area (Å²) >= 11 is 0. The van der Waals surface area contributed by atoms with E-state index in [2.05, 4.69) is 20.4 Å². The van der Waals surface area contributed by atoms with Crippen molar-refractivity contribution in [2.24, 2.45) is 4.99 Å². The quantitative estimate of drug-likeness (QED) is 0.226. The number of aliphatic imine (C=N–C) groups is 1. The van der Waals surface area contributed by atoms with Crippen molar-refractivity contribution in [1.29, 1.82) is 0 Å². The average Bonchev–Trinajstić information content (AvgIpc) is 2.65. The van der Waals surface area contributed by atoms with Gasteiger partial charge in [0.2, 0.25) is 0 Å². The van der Waals surface area contributed by atoms with Crippen LogP contribution in [0.5, 0.6) is 0 Å². The third kappa shape index (κ3) is 10.5. The number of benzene rings is 2. The summed E-state index contributed by atoms with van der Waals surface area (Å²) in [7, 11) is 0. The van der Waals surface area contributed by atoms with Crippen molar-refractivity contribution >= 4 is 29.9 Å². The molecule has 0 saturated heterocycles. The molecular formula is C20H24F4IN3O. The Morgan fingerprint density at radius 3 is 2.10 bits per heavy atom. The van der Waals surface area contributed by atoms with Crippen LogP contribution >= 0.6 is 24.0 Å². The fourth-order valence-corrected chi connectivity index (χ4v) is 2.33. The summed E-state index contributed by atoms with van der Waals surface area (Å²) in [4.78, 5) is 4.45. The monoisotopic (exact) mass is 525 g/mol. The van der Waals surface area contributed by atoms with E-state index in [0.29, 0.717) is 31.2 Å².